The minimum atomic E-state index is -0.150. The fourth-order valence-corrected chi connectivity index (χ4v) is 2.31. The molecule has 1 saturated heterocycles. The third-order valence-electron chi connectivity index (χ3n) is 3.73. The number of carbonyl (C=O) groups excluding carboxylic acids is 1. The van der Waals surface area contributed by atoms with E-state index in [0.29, 0.717) is 16.9 Å². The second-order valence-corrected chi connectivity index (χ2v) is 5.72. The Balaban J connectivity index is 0. The average molecular weight is 404 g/mol. The van der Waals surface area contributed by atoms with Gasteiger partial charge in [-0.15, -0.1) is 0 Å². The summed E-state index contributed by atoms with van der Waals surface area (Å²) in [6.07, 6.45) is 4.22. The Bertz CT molecular complexity index is 613. The van der Waals surface area contributed by atoms with E-state index in [9.17, 15) is 4.79 Å². The van der Waals surface area contributed by atoms with Crippen molar-refractivity contribution in [2.45, 2.75) is 53.9 Å². The van der Waals surface area contributed by atoms with Gasteiger partial charge in [0.05, 0.1) is 11.4 Å². The third kappa shape index (κ3) is 13.4. The van der Waals surface area contributed by atoms with Crippen LogP contribution in [0.3, 0.4) is 0 Å². The fourth-order valence-electron chi connectivity index (χ4n) is 2.31. The first-order valence-corrected chi connectivity index (χ1v) is 10.5. The number of nitrogens with two attached hydrogens (primary N) is 1. The number of hydrogen-bond donors (Lipinski definition) is 4. The second kappa shape index (κ2) is 20.4. The Morgan fingerprint density at radius 3 is 1.83 bits per heavy atom. The quantitative estimate of drug-likeness (QED) is 0.516. The van der Waals surface area contributed by atoms with Crippen LogP contribution in [0, 0.1) is 6.92 Å². The number of amides is 1. The molecule has 0 aromatic heterocycles. The maximum Gasteiger partial charge on any atom is 0.255 e. The summed E-state index contributed by atoms with van der Waals surface area (Å²) in [5, 5.41) is 13.1. The standard InChI is InChI=1S/C14H14N2O.C5H11N.2C2H6.CH4O/c1-10-6-8-11(9-7-10)14(17)16-13-5-3-2-4-12(13)15;1-2-4-6-5-3-1;3*1-2/h2-9H,15H2,1H3,(H,16,17);6H,1-5H2;2*1-2H3;2H,1H3. The van der Waals surface area contributed by atoms with Crippen molar-refractivity contribution in [1.82, 2.24) is 5.32 Å². The lowest BCUT2D eigenvalue weighted by molar-refractivity contribution is 0.102. The molecule has 0 saturated carbocycles. The van der Waals surface area contributed by atoms with E-state index in [1.165, 1.54) is 32.4 Å². The number of benzene rings is 2. The first-order valence-electron chi connectivity index (χ1n) is 10.5. The molecule has 1 aliphatic heterocycles. The number of aliphatic hydroxyl groups excluding tert-OH is 1. The first-order chi connectivity index (χ1) is 14.2. The summed E-state index contributed by atoms with van der Waals surface area (Å²) in [5.41, 5.74) is 8.71. The monoisotopic (exact) mass is 403 g/mol. The molecule has 0 radical (unpaired) electrons. The summed E-state index contributed by atoms with van der Waals surface area (Å²) >= 11 is 0. The van der Waals surface area contributed by atoms with Gasteiger partial charge in [-0.25, -0.2) is 0 Å². The van der Waals surface area contributed by atoms with Crippen LogP contribution in [0.1, 0.15) is 62.9 Å². The van der Waals surface area contributed by atoms with E-state index in [1.54, 1.807) is 24.3 Å². The highest BCUT2D eigenvalue weighted by molar-refractivity contribution is 6.05. The molecule has 3 rings (SSSR count). The highest BCUT2D eigenvalue weighted by Crippen LogP contribution is 2.17. The van der Waals surface area contributed by atoms with Crippen molar-refractivity contribution in [3.63, 3.8) is 0 Å². The number of hydrogen-bond acceptors (Lipinski definition) is 4. The highest BCUT2D eigenvalue weighted by Gasteiger charge is 2.06. The summed E-state index contributed by atoms with van der Waals surface area (Å²) in [4.78, 5) is 11.9. The van der Waals surface area contributed by atoms with E-state index in [-0.39, 0.29) is 5.91 Å². The summed E-state index contributed by atoms with van der Waals surface area (Å²) in [7, 11) is 1.00. The van der Waals surface area contributed by atoms with Crippen LogP contribution >= 0.6 is 0 Å². The number of aryl methyl sites for hydroxylation is 1. The predicted molar refractivity (Wildman–Crippen MR) is 128 cm³/mol. The molecule has 5 N–H and O–H groups in total. The van der Waals surface area contributed by atoms with E-state index < -0.39 is 0 Å². The molecular formula is C24H41N3O2. The van der Waals surface area contributed by atoms with Crippen molar-refractivity contribution in [2.75, 3.05) is 31.2 Å². The summed E-state index contributed by atoms with van der Waals surface area (Å²) in [5.74, 6) is -0.150. The van der Waals surface area contributed by atoms with Crippen molar-refractivity contribution in [3.8, 4) is 0 Å². The number of carbonyl (C=O) groups is 1. The Morgan fingerprint density at radius 2 is 1.41 bits per heavy atom. The predicted octanol–water partition coefficient (Wildman–Crippen LogP) is 5.25. The van der Waals surface area contributed by atoms with E-state index in [2.05, 4.69) is 10.6 Å². The average Bonchev–Trinajstić information content (AvgIpc) is 2.81. The molecule has 5 heteroatoms. The normalized spacial score (nSPS) is 11.4. The Hall–Kier alpha value is -2.37. The molecule has 1 heterocycles. The lowest BCUT2D eigenvalue weighted by Gasteiger charge is -2.08. The Labute approximate surface area is 177 Å². The minimum absolute atomic E-state index is 0.150. The SMILES string of the molecule is C1CCNCC1.CC.CC.CO.Cc1ccc(C(=O)Nc2ccccc2N)cc1. The zero-order valence-electron chi connectivity index (χ0n) is 19.1. The number of piperidine rings is 1. The second-order valence-electron chi connectivity index (χ2n) is 5.72. The van der Waals surface area contributed by atoms with E-state index in [4.69, 9.17) is 10.8 Å². The van der Waals surface area contributed by atoms with Crippen molar-refractivity contribution in [1.29, 1.82) is 0 Å². The van der Waals surface area contributed by atoms with Crippen LogP contribution in [0.4, 0.5) is 11.4 Å². The van der Waals surface area contributed by atoms with Gasteiger partial charge in [0.25, 0.3) is 5.91 Å². The van der Waals surface area contributed by atoms with Crippen LogP contribution in [-0.4, -0.2) is 31.2 Å². The molecule has 1 amide bonds. The van der Waals surface area contributed by atoms with Crippen LogP contribution in [-0.2, 0) is 0 Å². The number of nitrogens with one attached hydrogen (secondary N) is 2. The van der Waals surface area contributed by atoms with Crippen molar-refractivity contribution in [2.24, 2.45) is 0 Å². The fraction of sp³-hybridized carbons (Fsp3) is 0.458. The molecule has 29 heavy (non-hydrogen) atoms. The van der Waals surface area contributed by atoms with Gasteiger partial charge in [0.1, 0.15) is 0 Å². The van der Waals surface area contributed by atoms with E-state index in [0.717, 1.165) is 12.7 Å². The van der Waals surface area contributed by atoms with Gasteiger partial charge in [-0.2, -0.15) is 0 Å². The lowest BCUT2D eigenvalue weighted by atomic mass is 10.1. The zero-order valence-corrected chi connectivity index (χ0v) is 19.1. The smallest absolute Gasteiger partial charge is 0.255 e. The summed E-state index contributed by atoms with van der Waals surface area (Å²) < 4.78 is 0. The molecule has 1 aliphatic rings. The Morgan fingerprint density at radius 1 is 0.897 bits per heavy atom. The molecular weight excluding hydrogens is 362 g/mol. The molecule has 2 aromatic carbocycles. The molecule has 5 nitrogen and oxygen atoms in total. The molecule has 0 atom stereocenters. The molecule has 164 valence electrons. The summed E-state index contributed by atoms with van der Waals surface area (Å²) in [6, 6.07) is 14.6. The zero-order chi connectivity index (χ0) is 22.5. The maximum atomic E-state index is 11.9. The number of rotatable bonds is 2. The van der Waals surface area contributed by atoms with Gasteiger partial charge < -0.3 is 21.5 Å². The largest absolute Gasteiger partial charge is 0.400 e. The van der Waals surface area contributed by atoms with Gasteiger partial charge >= 0.3 is 0 Å². The van der Waals surface area contributed by atoms with Crippen LogP contribution in [0.5, 0.6) is 0 Å². The molecule has 0 unspecified atom stereocenters. The van der Waals surface area contributed by atoms with Crippen molar-refractivity contribution in [3.05, 3.63) is 59.7 Å². The van der Waals surface area contributed by atoms with Crippen LogP contribution in [0.2, 0.25) is 0 Å². The van der Waals surface area contributed by atoms with Crippen LogP contribution < -0.4 is 16.4 Å². The van der Waals surface area contributed by atoms with Crippen LogP contribution in [0.25, 0.3) is 0 Å². The lowest BCUT2D eigenvalue weighted by Crippen LogP contribution is -2.21. The molecule has 0 aliphatic carbocycles. The van der Waals surface area contributed by atoms with Gasteiger partial charge in [-0.1, -0.05) is 63.9 Å². The van der Waals surface area contributed by atoms with Crippen molar-refractivity contribution >= 4 is 17.3 Å². The van der Waals surface area contributed by atoms with Gasteiger partial charge in [-0.05, 0) is 57.1 Å². The van der Waals surface area contributed by atoms with Crippen molar-refractivity contribution < 1.29 is 9.90 Å². The topological polar surface area (TPSA) is 87.4 Å². The van der Waals surface area contributed by atoms with Gasteiger partial charge in [0, 0.05) is 12.7 Å². The molecule has 0 bridgehead atoms. The number of anilines is 2. The minimum Gasteiger partial charge on any atom is -0.400 e. The third-order valence-corrected chi connectivity index (χ3v) is 3.73. The molecule has 0 spiro atoms. The van der Waals surface area contributed by atoms with Gasteiger partial charge in [0.15, 0.2) is 0 Å². The number of para-hydroxylation sites is 2. The molecule has 2 aromatic rings. The number of nitrogen functional groups attached to an aromatic ring is 1. The maximum absolute atomic E-state index is 11.9. The van der Waals surface area contributed by atoms with E-state index >= 15 is 0 Å². The van der Waals surface area contributed by atoms with Gasteiger partial charge in [-0.3, -0.25) is 4.79 Å². The summed E-state index contributed by atoms with van der Waals surface area (Å²) in [6.45, 7) is 12.5. The number of aliphatic hydroxyl groups is 1. The Kier molecular flexibility index (Phi) is 20.3. The highest BCUT2D eigenvalue weighted by atomic mass is 16.2. The van der Waals surface area contributed by atoms with Crippen LogP contribution in [0.15, 0.2) is 48.5 Å². The van der Waals surface area contributed by atoms with Gasteiger partial charge in [0.2, 0.25) is 0 Å². The first kappa shape index (κ1) is 28.8. The molecule has 1 fully saturated rings. The van der Waals surface area contributed by atoms with E-state index in [1.807, 2.05) is 58.9 Å².